The molecular formula is C16H21N3O2. The minimum Gasteiger partial charge on any atom is -0.395 e. The van der Waals surface area contributed by atoms with Gasteiger partial charge in [-0.1, -0.05) is 25.1 Å². The molecule has 0 aliphatic heterocycles. The van der Waals surface area contributed by atoms with Crippen LogP contribution in [0.25, 0.3) is 5.69 Å². The normalized spacial score (nSPS) is 10.6. The lowest BCUT2D eigenvalue weighted by Gasteiger charge is -2.19. The van der Waals surface area contributed by atoms with E-state index in [-0.39, 0.29) is 12.5 Å². The molecule has 1 N–H and O–H groups in total. The van der Waals surface area contributed by atoms with Crippen molar-refractivity contribution in [2.24, 2.45) is 0 Å². The SMILES string of the molecule is CCc1c(C(=O)N(CC)CCO)cnn1-c1ccccc1. The molecular weight excluding hydrogens is 266 g/mol. The van der Waals surface area contributed by atoms with E-state index in [0.717, 1.165) is 11.4 Å². The van der Waals surface area contributed by atoms with Crippen LogP contribution in [0, 0.1) is 0 Å². The quantitative estimate of drug-likeness (QED) is 0.882. The lowest BCUT2D eigenvalue weighted by atomic mass is 10.1. The number of carbonyl (C=O) groups is 1. The molecule has 0 fully saturated rings. The van der Waals surface area contributed by atoms with E-state index in [1.807, 2.05) is 44.2 Å². The van der Waals surface area contributed by atoms with Crippen LogP contribution in [0.2, 0.25) is 0 Å². The number of likely N-dealkylation sites (N-methyl/N-ethyl adjacent to an activating group) is 1. The first-order chi connectivity index (χ1) is 10.2. The van der Waals surface area contributed by atoms with E-state index in [9.17, 15) is 4.79 Å². The first-order valence-electron chi connectivity index (χ1n) is 7.25. The Morgan fingerprint density at radius 1 is 1.29 bits per heavy atom. The van der Waals surface area contributed by atoms with Crippen LogP contribution in [0.1, 0.15) is 29.9 Å². The van der Waals surface area contributed by atoms with Gasteiger partial charge in [-0.25, -0.2) is 4.68 Å². The van der Waals surface area contributed by atoms with Crippen LogP contribution in [-0.2, 0) is 6.42 Å². The van der Waals surface area contributed by atoms with Gasteiger partial charge in [-0.15, -0.1) is 0 Å². The predicted molar refractivity (Wildman–Crippen MR) is 81.6 cm³/mol. The smallest absolute Gasteiger partial charge is 0.257 e. The van der Waals surface area contributed by atoms with Crippen molar-refractivity contribution in [3.63, 3.8) is 0 Å². The molecule has 2 rings (SSSR count). The van der Waals surface area contributed by atoms with Gasteiger partial charge in [0, 0.05) is 13.1 Å². The molecule has 0 aliphatic carbocycles. The number of carbonyl (C=O) groups excluding carboxylic acids is 1. The van der Waals surface area contributed by atoms with Gasteiger partial charge in [0.05, 0.1) is 29.7 Å². The van der Waals surface area contributed by atoms with Gasteiger partial charge in [0.1, 0.15) is 0 Å². The first-order valence-corrected chi connectivity index (χ1v) is 7.25. The second kappa shape index (κ2) is 7.04. The molecule has 1 aromatic heterocycles. The van der Waals surface area contributed by atoms with E-state index in [1.165, 1.54) is 0 Å². The average Bonchev–Trinajstić information content (AvgIpc) is 2.96. The van der Waals surface area contributed by atoms with Crippen molar-refractivity contribution < 1.29 is 9.90 Å². The minimum absolute atomic E-state index is 0.0339. The summed E-state index contributed by atoms with van der Waals surface area (Å²) in [5.41, 5.74) is 2.44. The molecule has 5 nitrogen and oxygen atoms in total. The topological polar surface area (TPSA) is 58.4 Å². The van der Waals surface area contributed by atoms with Gasteiger partial charge < -0.3 is 10.0 Å². The molecule has 0 saturated heterocycles. The van der Waals surface area contributed by atoms with Crippen molar-refractivity contribution in [2.75, 3.05) is 19.7 Å². The van der Waals surface area contributed by atoms with E-state index in [2.05, 4.69) is 5.10 Å². The van der Waals surface area contributed by atoms with E-state index >= 15 is 0 Å². The van der Waals surface area contributed by atoms with E-state index < -0.39 is 0 Å². The highest BCUT2D eigenvalue weighted by atomic mass is 16.3. The van der Waals surface area contributed by atoms with Gasteiger partial charge in [0.25, 0.3) is 5.91 Å². The van der Waals surface area contributed by atoms with Crippen molar-refractivity contribution in [1.82, 2.24) is 14.7 Å². The second-order valence-electron chi connectivity index (χ2n) is 4.71. The molecule has 0 radical (unpaired) electrons. The van der Waals surface area contributed by atoms with Gasteiger partial charge in [-0.3, -0.25) is 4.79 Å². The summed E-state index contributed by atoms with van der Waals surface area (Å²) < 4.78 is 1.81. The zero-order chi connectivity index (χ0) is 15.2. The molecule has 1 aromatic carbocycles. The highest BCUT2D eigenvalue weighted by Gasteiger charge is 2.21. The number of aliphatic hydroxyl groups excluding tert-OH is 1. The predicted octanol–water partition coefficient (Wildman–Crippen LogP) is 1.89. The number of nitrogens with zero attached hydrogens (tertiary/aromatic N) is 3. The maximum absolute atomic E-state index is 12.6. The van der Waals surface area contributed by atoms with E-state index in [0.29, 0.717) is 25.1 Å². The Bertz CT molecular complexity index is 593. The lowest BCUT2D eigenvalue weighted by Crippen LogP contribution is -2.33. The largest absolute Gasteiger partial charge is 0.395 e. The maximum Gasteiger partial charge on any atom is 0.257 e. The molecule has 2 aromatic rings. The monoisotopic (exact) mass is 287 g/mol. The number of aliphatic hydroxyl groups is 1. The van der Waals surface area contributed by atoms with Gasteiger partial charge in [0.2, 0.25) is 0 Å². The summed E-state index contributed by atoms with van der Waals surface area (Å²) in [4.78, 5) is 14.2. The fourth-order valence-electron chi connectivity index (χ4n) is 2.38. The van der Waals surface area contributed by atoms with Crippen molar-refractivity contribution in [2.45, 2.75) is 20.3 Å². The molecule has 5 heteroatoms. The molecule has 0 bridgehead atoms. The summed E-state index contributed by atoms with van der Waals surface area (Å²) in [6, 6.07) is 9.77. The van der Waals surface area contributed by atoms with Crippen LogP contribution in [0.4, 0.5) is 0 Å². The van der Waals surface area contributed by atoms with Gasteiger partial charge in [-0.05, 0) is 25.5 Å². The number of amides is 1. The zero-order valence-electron chi connectivity index (χ0n) is 12.5. The second-order valence-corrected chi connectivity index (χ2v) is 4.71. The Morgan fingerprint density at radius 2 is 2.00 bits per heavy atom. The molecule has 1 heterocycles. The van der Waals surface area contributed by atoms with Crippen LogP contribution in [0.5, 0.6) is 0 Å². The summed E-state index contributed by atoms with van der Waals surface area (Å²) >= 11 is 0. The van der Waals surface area contributed by atoms with Crippen LogP contribution >= 0.6 is 0 Å². The highest BCUT2D eigenvalue weighted by Crippen LogP contribution is 2.17. The molecule has 21 heavy (non-hydrogen) atoms. The zero-order valence-corrected chi connectivity index (χ0v) is 12.5. The van der Waals surface area contributed by atoms with Crippen molar-refractivity contribution >= 4 is 5.91 Å². The van der Waals surface area contributed by atoms with Crippen LogP contribution < -0.4 is 0 Å². The Labute approximate surface area is 124 Å². The van der Waals surface area contributed by atoms with E-state index in [4.69, 9.17) is 5.11 Å². The molecule has 1 amide bonds. The number of aromatic nitrogens is 2. The third kappa shape index (κ3) is 3.13. The number of hydrogen-bond donors (Lipinski definition) is 1. The van der Waals surface area contributed by atoms with Crippen molar-refractivity contribution in [3.05, 3.63) is 47.8 Å². The molecule has 0 aliphatic rings. The van der Waals surface area contributed by atoms with Crippen molar-refractivity contribution in [3.8, 4) is 5.69 Å². The maximum atomic E-state index is 12.6. The third-order valence-corrected chi connectivity index (χ3v) is 3.47. The van der Waals surface area contributed by atoms with Gasteiger partial charge in [0.15, 0.2) is 0 Å². The fourth-order valence-corrected chi connectivity index (χ4v) is 2.38. The summed E-state index contributed by atoms with van der Waals surface area (Å²) in [6.07, 6.45) is 2.33. The number of benzene rings is 1. The average molecular weight is 287 g/mol. The van der Waals surface area contributed by atoms with Crippen LogP contribution in [0.3, 0.4) is 0 Å². The summed E-state index contributed by atoms with van der Waals surface area (Å²) in [7, 11) is 0. The molecule has 0 unspecified atom stereocenters. The van der Waals surface area contributed by atoms with Crippen molar-refractivity contribution in [1.29, 1.82) is 0 Å². The van der Waals surface area contributed by atoms with Gasteiger partial charge in [-0.2, -0.15) is 5.10 Å². The van der Waals surface area contributed by atoms with Gasteiger partial charge >= 0.3 is 0 Å². The molecule has 0 spiro atoms. The third-order valence-electron chi connectivity index (χ3n) is 3.47. The first kappa shape index (κ1) is 15.3. The minimum atomic E-state index is -0.0782. The van der Waals surface area contributed by atoms with Crippen LogP contribution in [-0.4, -0.2) is 45.4 Å². The number of para-hydroxylation sites is 1. The summed E-state index contributed by atoms with van der Waals surface area (Å²) in [6.45, 7) is 4.79. The summed E-state index contributed by atoms with van der Waals surface area (Å²) in [5.74, 6) is -0.0782. The lowest BCUT2D eigenvalue weighted by molar-refractivity contribution is 0.0731. The fraction of sp³-hybridized carbons (Fsp3) is 0.375. The Morgan fingerprint density at radius 3 is 2.57 bits per heavy atom. The Hall–Kier alpha value is -2.14. The number of hydrogen-bond acceptors (Lipinski definition) is 3. The number of rotatable bonds is 6. The molecule has 0 atom stereocenters. The summed E-state index contributed by atoms with van der Waals surface area (Å²) in [5, 5.41) is 13.4. The highest BCUT2D eigenvalue weighted by molar-refractivity contribution is 5.95. The molecule has 112 valence electrons. The Balaban J connectivity index is 2.38. The van der Waals surface area contributed by atoms with E-state index in [1.54, 1.807) is 15.8 Å². The Kier molecular flexibility index (Phi) is 5.11. The standard InChI is InChI=1S/C16H21N3O2/c1-3-15-14(16(21)18(4-2)10-11-20)12-17-19(15)13-8-6-5-7-9-13/h5-9,12,20H,3-4,10-11H2,1-2H3. The van der Waals surface area contributed by atoms with Crippen LogP contribution in [0.15, 0.2) is 36.5 Å². The molecule has 0 saturated carbocycles.